The Morgan fingerprint density at radius 2 is 1.94 bits per heavy atom. The van der Waals surface area contributed by atoms with Crippen molar-refractivity contribution >= 4 is 11.6 Å². The van der Waals surface area contributed by atoms with E-state index in [1.54, 1.807) is 0 Å². The average Bonchev–Trinajstić information content (AvgIpc) is 2.33. The van der Waals surface area contributed by atoms with Crippen molar-refractivity contribution < 1.29 is 4.74 Å². The third kappa shape index (κ3) is 3.39. The van der Waals surface area contributed by atoms with Crippen LogP contribution in [-0.2, 0) is 0 Å². The summed E-state index contributed by atoms with van der Waals surface area (Å²) < 4.78 is 5.83. The highest BCUT2D eigenvalue weighted by Crippen LogP contribution is 2.36. The lowest BCUT2D eigenvalue weighted by Gasteiger charge is -2.21. The van der Waals surface area contributed by atoms with Crippen molar-refractivity contribution in [2.75, 3.05) is 6.61 Å². The van der Waals surface area contributed by atoms with Gasteiger partial charge in [-0.05, 0) is 43.9 Å². The second kappa shape index (κ2) is 7.01. The summed E-state index contributed by atoms with van der Waals surface area (Å²) in [5.41, 5.74) is 9.44. The lowest BCUT2D eigenvalue weighted by Crippen LogP contribution is -2.14. The van der Waals surface area contributed by atoms with Crippen molar-refractivity contribution in [3.05, 3.63) is 27.8 Å². The van der Waals surface area contributed by atoms with Gasteiger partial charge in [-0.2, -0.15) is 0 Å². The van der Waals surface area contributed by atoms with Crippen LogP contribution in [0.2, 0.25) is 5.02 Å². The molecule has 0 amide bonds. The van der Waals surface area contributed by atoms with Crippen LogP contribution in [0.5, 0.6) is 5.75 Å². The minimum Gasteiger partial charge on any atom is -0.493 e. The zero-order valence-corrected chi connectivity index (χ0v) is 12.6. The predicted octanol–water partition coefficient (Wildman–Crippen LogP) is 4.55. The van der Waals surface area contributed by atoms with Gasteiger partial charge in [0.25, 0.3) is 0 Å². The number of benzene rings is 1. The largest absolute Gasteiger partial charge is 0.493 e. The standard InChI is InChI=1S/C15H24ClNO/c1-5-7-12(17)14-11(4)15(16)10(3)9-13(14)18-8-6-2/h9,12H,5-8,17H2,1-4H3. The Balaban J connectivity index is 3.20. The van der Waals surface area contributed by atoms with E-state index in [1.807, 2.05) is 19.9 Å². The maximum Gasteiger partial charge on any atom is 0.124 e. The van der Waals surface area contributed by atoms with Crippen molar-refractivity contribution in [2.24, 2.45) is 5.73 Å². The van der Waals surface area contributed by atoms with Crippen molar-refractivity contribution in [1.82, 2.24) is 0 Å². The molecule has 18 heavy (non-hydrogen) atoms. The number of rotatable bonds is 6. The minimum atomic E-state index is -0.0000406. The molecule has 1 rings (SSSR count). The zero-order chi connectivity index (χ0) is 13.7. The fourth-order valence-electron chi connectivity index (χ4n) is 2.18. The molecule has 0 aliphatic rings. The Morgan fingerprint density at radius 3 is 2.50 bits per heavy atom. The Kier molecular flexibility index (Phi) is 5.97. The van der Waals surface area contributed by atoms with Crippen molar-refractivity contribution in [1.29, 1.82) is 0 Å². The van der Waals surface area contributed by atoms with Gasteiger partial charge in [-0.3, -0.25) is 0 Å². The summed E-state index contributed by atoms with van der Waals surface area (Å²) in [5, 5.41) is 0.806. The summed E-state index contributed by atoms with van der Waals surface area (Å²) in [4.78, 5) is 0. The first kappa shape index (κ1) is 15.3. The molecule has 0 heterocycles. The molecule has 3 heteroatoms. The molecule has 0 saturated heterocycles. The Hall–Kier alpha value is -0.730. The van der Waals surface area contributed by atoms with Gasteiger partial charge >= 0.3 is 0 Å². The highest BCUT2D eigenvalue weighted by molar-refractivity contribution is 6.32. The summed E-state index contributed by atoms with van der Waals surface area (Å²) in [6, 6.07) is 2.01. The van der Waals surface area contributed by atoms with Crippen molar-refractivity contribution in [3.63, 3.8) is 0 Å². The fraction of sp³-hybridized carbons (Fsp3) is 0.600. The maximum absolute atomic E-state index is 6.32. The molecule has 102 valence electrons. The van der Waals surface area contributed by atoms with Gasteiger partial charge in [0.2, 0.25) is 0 Å². The van der Waals surface area contributed by atoms with E-state index in [2.05, 4.69) is 13.8 Å². The number of aryl methyl sites for hydroxylation is 1. The minimum absolute atomic E-state index is 0.0000406. The molecule has 0 saturated carbocycles. The van der Waals surface area contributed by atoms with Crippen molar-refractivity contribution in [2.45, 2.75) is 53.0 Å². The van der Waals surface area contributed by atoms with Crippen LogP contribution in [0.15, 0.2) is 6.07 Å². The van der Waals surface area contributed by atoms with E-state index in [0.29, 0.717) is 6.61 Å². The monoisotopic (exact) mass is 269 g/mol. The Labute approximate surface area is 115 Å². The second-order valence-corrected chi connectivity index (χ2v) is 5.17. The summed E-state index contributed by atoms with van der Waals surface area (Å²) >= 11 is 6.32. The number of hydrogen-bond donors (Lipinski definition) is 1. The first-order chi connectivity index (χ1) is 8.52. The highest BCUT2D eigenvalue weighted by Gasteiger charge is 2.18. The molecule has 0 aliphatic carbocycles. The van der Waals surface area contributed by atoms with Crippen LogP contribution in [0, 0.1) is 13.8 Å². The fourth-order valence-corrected chi connectivity index (χ4v) is 2.34. The molecule has 2 N–H and O–H groups in total. The van der Waals surface area contributed by atoms with Crippen LogP contribution in [0.4, 0.5) is 0 Å². The molecule has 0 fully saturated rings. The molecular weight excluding hydrogens is 246 g/mol. The molecular formula is C15H24ClNO. The van der Waals surface area contributed by atoms with Crippen LogP contribution in [-0.4, -0.2) is 6.61 Å². The van der Waals surface area contributed by atoms with Gasteiger partial charge in [-0.15, -0.1) is 0 Å². The number of hydrogen-bond acceptors (Lipinski definition) is 2. The van der Waals surface area contributed by atoms with E-state index in [9.17, 15) is 0 Å². The predicted molar refractivity (Wildman–Crippen MR) is 78.5 cm³/mol. The van der Waals surface area contributed by atoms with E-state index >= 15 is 0 Å². The van der Waals surface area contributed by atoms with Gasteiger partial charge in [-0.25, -0.2) is 0 Å². The highest BCUT2D eigenvalue weighted by atomic mass is 35.5. The van der Waals surface area contributed by atoms with Gasteiger partial charge in [0.05, 0.1) is 6.61 Å². The van der Waals surface area contributed by atoms with E-state index in [1.165, 1.54) is 0 Å². The summed E-state index contributed by atoms with van der Waals surface area (Å²) in [6.07, 6.45) is 2.99. The van der Waals surface area contributed by atoms with E-state index < -0.39 is 0 Å². The van der Waals surface area contributed by atoms with Gasteiger partial charge in [0.15, 0.2) is 0 Å². The van der Waals surface area contributed by atoms with Gasteiger partial charge in [0.1, 0.15) is 5.75 Å². The molecule has 0 radical (unpaired) electrons. The zero-order valence-electron chi connectivity index (χ0n) is 11.8. The van der Waals surface area contributed by atoms with Crippen molar-refractivity contribution in [3.8, 4) is 5.75 Å². The SMILES string of the molecule is CCCOc1cc(C)c(Cl)c(C)c1C(N)CCC. The summed E-state index contributed by atoms with van der Waals surface area (Å²) in [5.74, 6) is 0.900. The molecule has 0 bridgehead atoms. The van der Waals surface area contributed by atoms with E-state index in [0.717, 1.165) is 46.7 Å². The first-order valence-electron chi connectivity index (χ1n) is 6.70. The topological polar surface area (TPSA) is 35.2 Å². The van der Waals surface area contributed by atoms with E-state index in [-0.39, 0.29) is 6.04 Å². The normalized spacial score (nSPS) is 12.6. The number of halogens is 1. The lowest BCUT2D eigenvalue weighted by molar-refractivity contribution is 0.311. The summed E-state index contributed by atoms with van der Waals surface area (Å²) in [6.45, 7) is 8.98. The Bertz CT molecular complexity index is 404. The van der Waals surface area contributed by atoms with Gasteiger partial charge in [0, 0.05) is 16.6 Å². The molecule has 0 aromatic heterocycles. The quantitative estimate of drug-likeness (QED) is 0.823. The second-order valence-electron chi connectivity index (χ2n) is 4.79. The van der Waals surface area contributed by atoms with Crippen LogP contribution in [0.25, 0.3) is 0 Å². The van der Waals surface area contributed by atoms with Crippen LogP contribution >= 0.6 is 11.6 Å². The molecule has 1 aromatic carbocycles. The molecule has 0 aliphatic heterocycles. The van der Waals surface area contributed by atoms with Crippen LogP contribution in [0.3, 0.4) is 0 Å². The molecule has 1 atom stereocenters. The molecule has 2 nitrogen and oxygen atoms in total. The number of nitrogens with two attached hydrogens (primary N) is 1. The van der Waals surface area contributed by atoms with Gasteiger partial charge < -0.3 is 10.5 Å². The molecule has 1 unspecified atom stereocenters. The lowest BCUT2D eigenvalue weighted by atomic mass is 9.95. The third-order valence-corrected chi connectivity index (χ3v) is 3.71. The third-order valence-electron chi connectivity index (χ3n) is 3.12. The summed E-state index contributed by atoms with van der Waals surface area (Å²) in [7, 11) is 0. The smallest absolute Gasteiger partial charge is 0.124 e. The average molecular weight is 270 g/mol. The maximum atomic E-state index is 6.32. The van der Waals surface area contributed by atoms with Crippen LogP contribution in [0.1, 0.15) is 55.8 Å². The van der Waals surface area contributed by atoms with E-state index in [4.69, 9.17) is 22.1 Å². The first-order valence-corrected chi connectivity index (χ1v) is 7.08. The Morgan fingerprint density at radius 1 is 1.28 bits per heavy atom. The van der Waals surface area contributed by atoms with Crippen LogP contribution < -0.4 is 10.5 Å². The number of ether oxygens (including phenoxy) is 1. The van der Waals surface area contributed by atoms with Gasteiger partial charge in [-0.1, -0.05) is 31.9 Å². The molecule has 0 spiro atoms. The molecule has 1 aromatic rings.